The van der Waals surface area contributed by atoms with Crippen LogP contribution >= 0.6 is 38.9 Å². The van der Waals surface area contributed by atoms with Crippen molar-refractivity contribution in [2.75, 3.05) is 0 Å². The molecule has 0 saturated carbocycles. The highest BCUT2D eigenvalue weighted by Gasteiger charge is 2.21. The van der Waals surface area contributed by atoms with Crippen LogP contribution in [-0.4, -0.2) is 15.6 Å². The number of hydrogen-bond acceptors (Lipinski definition) is 3. The van der Waals surface area contributed by atoms with Crippen LogP contribution in [0.2, 0.25) is 5.02 Å². The Balaban J connectivity index is 2.42. The molecule has 0 saturated heterocycles. The average Bonchev–Trinajstić information content (AvgIpc) is 2.84. The summed E-state index contributed by atoms with van der Waals surface area (Å²) >= 11 is 10.9. The number of nitrogens with zero attached hydrogens (tertiary/aromatic N) is 2. The smallest absolute Gasteiger partial charge is 0.222 e. The second-order valence-corrected chi connectivity index (χ2v) is 6.74. The van der Waals surface area contributed by atoms with Gasteiger partial charge in [0.2, 0.25) is 5.78 Å². The van der Waals surface area contributed by atoms with Gasteiger partial charge in [-0.1, -0.05) is 18.5 Å². The van der Waals surface area contributed by atoms with Gasteiger partial charge < -0.3 is 0 Å². The van der Waals surface area contributed by atoms with Crippen LogP contribution in [0.4, 0.5) is 0 Å². The second-order valence-electron chi connectivity index (χ2n) is 3.96. The van der Waals surface area contributed by atoms with Crippen LogP contribution in [0.5, 0.6) is 0 Å². The summed E-state index contributed by atoms with van der Waals surface area (Å²) in [7, 11) is 0. The maximum absolute atomic E-state index is 12.4. The fraction of sp³-hybridized carbons (Fsp3) is 0.333. The highest BCUT2D eigenvalue weighted by Crippen LogP contribution is 2.30. The maximum atomic E-state index is 12.4. The monoisotopic (exact) mass is 346 g/mol. The van der Waals surface area contributed by atoms with Gasteiger partial charge in [-0.25, -0.2) is 0 Å². The number of ketones is 1. The first-order chi connectivity index (χ1) is 8.54. The van der Waals surface area contributed by atoms with Crippen LogP contribution in [0.15, 0.2) is 16.0 Å². The third-order valence-corrected chi connectivity index (χ3v) is 4.94. The molecule has 0 aromatic carbocycles. The molecule has 2 aromatic heterocycles. The Bertz CT molecular complexity index is 571. The molecule has 2 aromatic rings. The van der Waals surface area contributed by atoms with Crippen molar-refractivity contribution in [3.05, 3.63) is 37.2 Å². The number of thiophene rings is 1. The third-order valence-electron chi connectivity index (χ3n) is 2.53. The second kappa shape index (κ2) is 5.55. The summed E-state index contributed by atoms with van der Waals surface area (Å²) in [5.74, 6) is -0.0650. The minimum absolute atomic E-state index is 0.0650. The molecule has 0 aliphatic rings. The molecule has 2 rings (SSSR count). The van der Waals surface area contributed by atoms with Crippen LogP contribution < -0.4 is 0 Å². The van der Waals surface area contributed by atoms with E-state index in [4.69, 9.17) is 11.6 Å². The molecule has 0 N–H and O–H groups in total. The van der Waals surface area contributed by atoms with E-state index in [-0.39, 0.29) is 5.78 Å². The molecule has 2 heterocycles. The Kier molecular flexibility index (Phi) is 4.25. The summed E-state index contributed by atoms with van der Waals surface area (Å²) in [5, 5.41) is 4.55. The molecule has 96 valence electrons. The van der Waals surface area contributed by atoms with Crippen LogP contribution in [0, 0.1) is 6.92 Å². The molecule has 0 fully saturated rings. The molecule has 0 aliphatic heterocycles. The van der Waals surface area contributed by atoms with Gasteiger partial charge in [-0.15, -0.1) is 11.3 Å². The zero-order valence-corrected chi connectivity index (χ0v) is 13.2. The van der Waals surface area contributed by atoms with Crippen LogP contribution in [0.1, 0.15) is 34.3 Å². The maximum Gasteiger partial charge on any atom is 0.222 e. The Morgan fingerprint density at radius 2 is 2.33 bits per heavy atom. The molecule has 18 heavy (non-hydrogen) atoms. The minimum atomic E-state index is -0.0650. The van der Waals surface area contributed by atoms with Gasteiger partial charge in [0, 0.05) is 6.54 Å². The van der Waals surface area contributed by atoms with E-state index < -0.39 is 0 Å². The van der Waals surface area contributed by atoms with Crippen LogP contribution in [0.25, 0.3) is 0 Å². The third kappa shape index (κ3) is 2.53. The molecule has 0 aliphatic carbocycles. The number of aryl methyl sites for hydroxylation is 2. The van der Waals surface area contributed by atoms with E-state index in [1.807, 2.05) is 19.9 Å². The van der Waals surface area contributed by atoms with E-state index in [1.54, 1.807) is 4.68 Å². The standard InChI is InChI=1S/C12H12BrClN2OS/c1-3-4-16-10(8(14)6-15-16)11(17)9-5-7(2)12(13)18-9/h5-6H,3-4H2,1-2H3. The summed E-state index contributed by atoms with van der Waals surface area (Å²) in [6.45, 7) is 4.69. The Morgan fingerprint density at radius 1 is 1.61 bits per heavy atom. The fourth-order valence-electron chi connectivity index (χ4n) is 1.66. The molecule has 0 amide bonds. The van der Waals surface area contributed by atoms with Gasteiger partial charge in [0.1, 0.15) is 5.69 Å². The Hall–Kier alpha value is -0.650. The predicted octanol–water partition coefficient (Wildman–Crippen LogP) is 4.31. The first kappa shape index (κ1) is 13.8. The highest BCUT2D eigenvalue weighted by atomic mass is 79.9. The molecular weight excluding hydrogens is 336 g/mol. The van der Waals surface area contributed by atoms with Gasteiger partial charge in [-0.2, -0.15) is 5.10 Å². The lowest BCUT2D eigenvalue weighted by Crippen LogP contribution is -2.11. The first-order valence-electron chi connectivity index (χ1n) is 5.56. The lowest BCUT2D eigenvalue weighted by Gasteiger charge is -2.04. The first-order valence-corrected chi connectivity index (χ1v) is 7.55. The van der Waals surface area contributed by atoms with Crippen molar-refractivity contribution in [3.8, 4) is 0 Å². The number of rotatable bonds is 4. The molecule has 0 bridgehead atoms. The average molecular weight is 348 g/mol. The number of halogens is 2. The van der Waals surface area contributed by atoms with Crippen molar-refractivity contribution >= 4 is 44.7 Å². The molecular formula is C12H12BrClN2OS. The van der Waals surface area contributed by atoms with E-state index in [2.05, 4.69) is 21.0 Å². The van der Waals surface area contributed by atoms with Crippen molar-refractivity contribution < 1.29 is 4.79 Å². The lowest BCUT2D eigenvalue weighted by molar-refractivity contribution is 0.103. The molecule has 0 spiro atoms. The van der Waals surface area contributed by atoms with Crippen molar-refractivity contribution in [1.29, 1.82) is 0 Å². The molecule has 0 unspecified atom stereocenters. The lowest BCUT2D eigenvalue weighted by atomic mass is 10.2. The van der Waals surface area contributed by atoms with Gasteiger partial charge in [-0.3, -0.25) is 9.48 Å². The van der Waals surface area contributed by atoms with E-state index in [9.17, 15) is 4.79 Å². The van der Waals surface area contributed by atoms with Crippen molar-refractivity contribution in [1.82, 2.24) is 9.78 Å². The van der Waals surface area contributed by atoms with Crippen molar-refractivity contribution in [2.24, 2.45) is 0 Å². The quantitative estimate of drug-likeness (QED) is 0.772. The SMILES string of the molecule is CCCn1ncc(Cl)c1C(=O)c1cc(C)c(Br)s1. The Morgan fingerprint density at radius 3 is 2.89 bits per heavy atom. The molecule has 0 atom stereocenters. The van der Waals surface area contributed by atoms with Crippen LogP contribution in [0.3, 0.4) is 0 Å². The number of hydrogen-bond donors (Lipinski definition) is 0. The van der Waals surface area contributed by atoms with E-state index in [1.165, 1.54) is 17.5 Å². The zero-order valence-electron chi connectivity index (χ0n) is 10.0. The minimum Gasteiger partial charge on any atom is -0.286 e. The number of carbonyl (C=O) groups is 1. The van der Waals surface area contributed by atoms with E-state index in [0.29, 0.717) is 22.1 Å². The summed E-state index contributed by atoms with van der Waals surface area (Å²) in [4.78, 5) is 13.1. The Labute approximate surface area is 123 Å². The van der Waals surface area contributed by atoms with Crippen molar-refractivity contribution in [3.63, 3.8) is 0 Å². The van der Waals surface area contributed by atoms with Crippen LogP contribution in [-0.2, 0) is 6.54 Å². The van der Waals surface area contributed by atoms with Gasteiger partial charge in [0.25, 0.3) is 0 Å². The van der Waals surface area contributed by atoms with Gasteiger partial charge in [-0.05, 0) is 40.9 Å². The van der Waals surface area contributed by atoms with Crippen molar-refractivity contribution in [2.45, 2.75) is 26.8 Å². The van der Waals surface area contributed by atoms with Gasteiger partial charge >= 0.3 is 0 Å². The largest absolute Gasteiger partial charge is 0.286 e. The normalized spacial score (nSPS) is 10.9. The summed E-state index contributed by atoms with van der Waals surface area (Å²) in [5.41, 5.74) is 1.54. The van der Waals surface area contributed by atoms with Gasteiger partial charge in [0.15, 0.2) is 0 Å². The molecule has 3 nitrogen and oxygen atoms in total. The number of carbonyl (C=O) groups excluding carboxylic acids is 1. The van der Waals surface area contributed by atoms with E-state index in [0.717, 1.165) is 15.8 Å². The summed E-state index contributed by atoms with van der Waals surface area (Å²) in [6, 6.07) is 1.87. The highest BCUT2D eigenvalue weighted by molar-refractivity contribution is 9.11. The van der Waals surface area contributed by atoms with E-state index >= 15 is 0 Å². The predicted molar refractivity (Wildman–Crippen MR) is 77.7 cm³/mol. The molecule has 0 radical (unpaired) electrons. The van der Waals surface area contributed by atoms with Gasteiger partial charge in [0.05, 0.1) is 19.9 Å². The summed E-state index contributed by atoms with van der Waals surface area (Å²) in [6.07, 6.45) is 2.44. The summed E-state index contributed by atoms with van der Waals surface area (Å²) < 4.78 is 2.65. The zero-order chi connectivity index (χ0) is 13.3. The number of aromatic nitrogens is 2. The topological polar surface area (TPSA) is 34.9 Å². The fourth-order valence-corrected chi connectivity index (χ4v) is 3.36. The molecule has 6 heteroatoms.